The van der Waals surface area contributed by atoms with Gasteiger partial charge in [-0.1, -0.05) is 317 Å². The molecule has 0 aliphatic carbocycles. The molecule has 15 aromatic rings. The molecule has 2 aliphatic heterocycles. The Labute approximate surface area is 597 Å². The zero-order chi connectivity index (χ0) is 68.9. The van der Waals surface area contributed by atoms with Gasteiger partial charge in [0.2, 0.25) is 0 Å². The summed E-state index contributed by atoms with van der Waals surface area (Å²) in [7, 11) is -3.13. The van der Waals surface area contributed by atoms with E-state index < -0.39 is 8.07 Å². The average Bonchev–Trinajstić information content (AvgIpc) is 1.25. The van der Waals surface area contributed by atoms with Gasteiger partial charge in [-0.15, -0.1) is 0 Å². The van der Waals surface area contributed by atoms with Crippen molar-refractivity contribution in [2.24, 2.45) is 0 Å². The third kappa shape index (κ3) is 10.8. The van der Waals surface area contributed by atoms with Crippen molar-refractivity contribution in [3.63, 3.8) is 0 Å². The van der Waals surface area contributed by atoms with Gasteiger partial charge in [0.15, 0.2) is 8.07 Å². The molecule has 0 saturated carbocycles. The summed E-state index contributed by atoms with van der Waals surface area (Å²) < 4.78 is 2.56. The molecule has 488 valence electrons. The van der Waals surface area contributed by atoms with Crippen LogP contribution in [-0.4, -0.2) is 19.4 Å². The molecule has 101 heavy (non-hydrogen) atoms. The van der Waals surface area contributed by atoms with Crippen molar-refractivity contribution in [2.75, 3.05) is 9.80 Å². The van der Waals surface area contributed by atoms with E-state index in [0.29, 0.717) is 0 Å². The Morgan fingerprint density at radius 1 is 0.257 bits per heavy atom. The molecular formula is C96H82BN3Si. The summed E-state index contributed by atoms with van der Waals surface area (Å²) in [5.41, 5.74) is 27.0. The predicted molar refractivity (Wildman–Crippen MR) is 436 cm³/mol. The third-order valence-corrected chi connectivity index (χ3v) is 26.4. The Balaban J connectivity index is 1.03. The predicted octanol–water partition coefficient (Wildman–Crippen LogP) is 20.8. The van der Waals surface area contributed by atoms with Crippen LogP contribution >= 0.6 is 0 Å². The van der Waals surface area contributed by atoms with Crippen molar-refractivity contribution >= 4 is 108 Å². The number of rotatable bonds is 11. The molecule has 0 saturated heterocycles. The van der Waals surface area contributed by atoms with Crippen molar-refractivity contribution in [2.45, 2.75) is 78.6 Å². The standard InChI is InChI=1S/C96H82BN3Si/c1-94(2,3)71-47-54-87-81(59-71)82-60-72(95(4,5)6)48-55-88(82)98(87)74-49-51-83-90(63-74)100(86-53-46-70(66-33-19-11-20-34-66)58-80(86)68-37-23-13-24-38-68)92-62-73(96(7,8)9)61-91-93(92)97(83)84-64-78(101(75-39-25-14-26-40-75,76-41-27-15-28-42-76)77-43-29-16-30-44-77)50-56-89(84)99(91)85-52-45-69(65-31-17-10-18-32-65)57-79(85)67-35-21-12-22-36-67/h10-64H,1-9H3. The minimum Gasteiger partial charge on any atom is -0.311 e. The van der Waals surface area contributed by atoms with E-state index in [-0.39, 0.29) is 23.0 Å². The Hall–Kier alpha value is -11.2. The van der Waals surface area contributed by atoms with Crippen LogP contribution in [-0.2, 0) is 16.2 Å². The smallest absolute Gasteiger partial charge is 0.252 e. The molecule has 0 fully saturated rings. The molecule has 0 atom stereocenters. The number of aromatic nitrogens is 1. The second kappa shape index (κ2) is 24.6. The van der Waals surface area contributed by atoms with Gasteiger partial charge in [-0.05, 0) is 182 Å². The Morgan fingerprint density at radius 2 is 0.644 bits per heavy atom. The first-order valence-electron chi connectivity index (χ1n) is 35.8. The van der Waals surface area contributed by atoms with Crippen LogP contribution in [0.25, 0.3) is 72.0 Å². The number of hydrogen-bond acceptors (Lipinski definition) is 2. The zero-order valence-corrected chi connectivity index (χ0v) is 60.2. The quantitative estimate of drug-likeness (QED) is 0.0944. The van der Waals surface area contributed by atoms with Crippen molar-refractivity contribution in [1.29, 1.82) is 0 Å². The molecule has 0 radical (unpaired) electrons. The zero-order valence-electron chi connectivity index (χ0n) is 59.2. The highest BCUT2D eigenvalue weighted by atomic mass is 28.3. The summed E-state index contributed by atoms with van der Waals surface area (Å²) >= 11 is 0. The molecule has 0 bridgehead atoms. The maximum Gasteiger partial charge on any atom is 0.252 e. The van der Waals surface area contributed by atoms with Crippen LogP contribution in [0.2, 0.25) is 0 Å². The van der Waals surface area contributed by atoms with Gasteiger partial charge in [0.25, 0.3) is 6.71 Å². The lowest BCUT2D eigenvalue weighted by Crippen LogP contribution is -2.75. The number of benzene rings is 14. The van der Waals surface area contributed by atoms with Gasteiger partial charge in [-0.25, -0.2) is 0 Å². The molecule has 3 heterocycles. The molecule has 2 aliphatic rings. The number of nitrogens with zero attached hydrogens (tertiary/aromatic N) is 3. The SMILES string of the molecule is CC(C)(C)c1cc2c3c(c1)N(c1ccc(-c4ccccc4)cc1-c1ccccc1)c1cc(-n4c5ccc(C(C)(C)C)cc5c5cc(C(C)(C)C)ccc54)ccc1B3c1cc([Si](c3ccccc3)(c3ccccc3)c3ccccc3)ccc1N2c1ccc(-c2ccccc2)cc1-c1ccccc1. The Bertz CT molecular complexity index is 5470. The molecule has 3 nitrogen and oxygen atoms in total. The summed E-state index contributed by atoms with van der Waals surface area (Å²) in [6, 6.07) is 128. The third-order valence-electron chi connectivity index (χ3n) is 21.6. The van der Waals surface area contributed by atoms with E-state index in [1.54, 1.807) is 0 Å². The summed E-state index contributed by atoms with van der Waals surface area (Å²) in [4.78, 5) is 5.35. The Morgan fingerprint density at radius 3 is 1.06 bits per heavy atom. The van der Waals surface area contributed by atoms with Gasteiger partial charge in [0.05, 0.1) is 22.4 Å². The fourth-order valence-electron chi connectivity index (χ4n) is 16.4. The summed E-state index contributed by atoms with van der Waals surface area (Å²) in [5, 5.41) is 7.88. The first-order valence-corrected chi connectivity index (χ1v) is 37.8. The van der Waals surface area contributed by atoms with Crippen LogP contribution in [0, 0.1) is 0 Å². The maximum absolute atomic E-state index is 3.13. The van der Waals surface area contributed by atoms with Crippen LogP contribution < -0.4 is 46.9 Å². The molecule has 0 unspecified atom stereocenters. The van der Waals surface area contributed by atoms with Gasteiger partial charge < -0.3 is 14.4 Å². The van der Waals surface area contributed by atoms with E-state index in [0.717, 1.165) is 50.7 Å². The highest BCUT2D eigenvalue weighted by Gasteiger charge is 2.48. The molecule has 0 N–H and O–H groups in total. The first kappa shape index (κ1) is 63.2. The molecule has 5 heteroatoms. The fraction of sp³-hybridized carbons (Fsp3) is 0.125. The lowest BCUT2D eigenvalue weighted by atomic mass is 9.33. The summed E-state index contributed by atoms with van der Waals surface area (Å²) in [5.74, 6) is 0. The number of anilines is 6. The van der Waals surface area contributed by atoms with Crippen molar-refractivity contribution in [1.82, 2.24) is 4.57 Å². The highest BCUT2D eigenvalue weighted by Crippen LogP contribution is 2.51. The van der Waals surface area contributed by atoms with E-state index in [9.17, 15) is 0 Å². The molecule has 1 aromatic heterocycles. The summed E-state index contributed by atoms with van der Waals surface area (Å²) in [6.07, 6.45) is 0. The van der Waals surface area contributed by atoms with Gasteiger partial charge in [0.1, 0.15) is 0 Å². The van der Waals surface area contributed by atoms with Crippen LogP contribution in [0.3, 0.4) is 0 Å². The van der Waals surface area contributed by atoms with Crippen LogP contribution in [0.1, 0.15) is 79.0 Å². The lowest BCUT2D eigenvalue weighted by Gasteiger charge is -2.46. The normalized spacial score (nSPS) is 12.9. The van der Waals surface area contributed by atoms with Crippen LogP contribution in [0.15, 0.2) is 334 Å². The number of fused-ring (bicyclic) bond motifs is 7. The molecular weight excluding hydrogens is 1230 g/mol. The maximum atomic E-state index is 2.68. The molecule has 0 spiro atoms. The Kier molecular flexibility index (Phi) is 15.4. The van der Waals surface area contributed by atoms with Crippen LogP contribution in [0.5, 0.6) is 0 Å². The van der Waals surface area contributed by atoms with Gasteiger partial charge in [-0.2, -0.15) is 0 Å². The van der Waals surface area contributed by atoms with E-state index in [4.69, 9.17) is 0 Å². The highest BCUT2D eigenvalue weighted by molar-refractivity contribution is 7.20. The topological polar surface area (TPSA) is 11.4 Å². The summed E-state index contributed by atoms with van der Waals surface area (Å²) in [6.45, 7) is 20.9. The van der Waals surface area contributed by atoms with Crippen LogP contribution in [0.4, 0.5) is 34.1 Å². The number of hydrogen-bond donors (Lipinski definition) is 0. The van der Waals surface area contributed by atoms with Crippen molar-refractivity contribution in [3.8, 4) is 50.2 Å². The lowest BCUT2D eigenvalue weighted by molar-refractivity contribution is 0.590. The van der Waals surface area contributed by atoms with E-state index in [1.165, 1.54) is 109 Å². The molecule has 0 amide bonds. The van der Waals surface area contributed by atoms with Gasteiger partial charge in [-0.3, -0.25) is 0 Å². The second-order valence-electron chi connectivity index (χ2n) is 30.9. The van der Waals surface area contributed by atoms with Gasteiger partial charge >= 0.3 is 0 Å². The van der Waals surface area contributed by atoms with E-state index >= 15 is 0 Å². The van der Waals surface area contributed by atoms with Crippen molar-refractivity contribution < 1.29 is 0 Å². The van der Waals surface area contributed by atoms with E-state index in [2.05, 4.69) is 410 Å². The van der Waals surface area contributed by atoms with Gasteiger partial charge in [0, 0.05) is 50.3 Å². The minimum absolute atomic E-state index is 0.0485. The van der Waals surface area contributed by atoms with E-state index in [1.807, 2.05) is 0 Å². The average molecular weight is 1320 g/mol. The molecule has 17 rings (SSSR count). The largest absolute Gasteiger partial charge is 0.311 e. The van der Waals surface area contributed by atoms with Crippen molar-refractivity contribution in [3.05, 3.63) is 350 Å². The fourth-order valence-corrected chi connectivity index (χ4v) is 21.2. The minimum atomic E-state index is -3.13. The second-order valence-corrected chi connectivity index (χ2v) is 34.7. The monoisotopic (exact) mass is 1320 g/mol. The molecule has 14 aromatic carbocycles. The first-order chi connectivity index (χ1) is 49.0.